The van der Waals surface area contributed by atoms with Crippen LogP contribution in [0.3, 0.4) is 0 Å². The molecule has 1 N–H and O–H groups in total. The molecule has 0 aromatic carbocycles. The summed E-state index contributed by atoms with van der Waals surface area (Å²) in [6, 6.07) is 4.56. The molecule has 2 aromatic heterocycles. The van der Waals surface area contributed by atoms with Gasteiger partial charge in [-0.25, -0.2) is 18.4 Å². The summed E-state index contributed by atoms with van der Waals surface area (Å²) in [4.78, 5) is 12.4. The van der Waals surface area contributed by atoms with Crippen LogP contribution in [0.25, 0.3) is 5.57 Å². The molecule has 2 unspecified atom stereocenters. The smallest absolute Gasteiger partial charge is 0.255 e. The molecular weight excluding hydrogens is 551 g/mol. The molecule has 0 fully saturated rings. The third kappa shape index (κ3) is 8.21. The SMILES string of the molecule is CCC(CC(=C(C#N)C1=C(C)CCC(C)=CC(C)=C1)c1ccc(S(=O)(=O)NC(C)C(F)(F)F)cn1)c1ccncn1. The number of hydrogen-bond acceptors (Lipinski definition) is 6. The molecule has 3 rings (SSSR count). The summed E-state index contributed by atoms with van der Waals surface area (Å²) >= 11 is 0. The second-order valence-corrected chi connectivity index (χ2v) is 12.0. The van der Waals surface area contributed by atoms with E-state index in [0.717, 1.165) is 48.4 Å². The van der Waals surface area contributed by atoms with E-state index in [1.54, 1.807) is 10.9 Å². The summed E-state index contributed by atoms with van der Waals surface area (Å²) in [5.41, 5.74) is 6.19. The van der Waals surface area contributed by atoms with Crippen molar-refractivity contribution in [3.8, 4) is 6.07 Å². The first kappa shape index (κ1) is 31.9. The Morgan fingerprint density at radius 3 is 2.41 bits per heavy atom. The Labute approximate surface area is 239 Å². The van der Waals surface area contributed by atoms with Crippen molar-refractivity contribution in [2.45, 2.75) is 83.3 Å². The van der Waals surface area contributed by atoms with Gasteiger partial charge in [-0.2, -0.15) is 23.2 Å². The van der Waals surface area contributed by atoms with Crippen LogP contribution >= 0.6 is 0 Å². The Kier molecular flexibility index (Phi) is 10.4. The maximum atomic E-state index is 13.0. The van der Waals surface area contributed by atoms with Crippen LogP contribution in [0.1, 0.15) is 77.6 Å². The number of sulfonamides is 1. The molecule has 2 heterocycles. The van der Waals surface area contributed by atoms with Crippen molar-refractivity contribution in [2.75, 3.05) is 0 Å². The third-order valence-corrected chi connectivity index (χ3v) is 8.55. The topological polar surface area (TPSA) is 109 Å². The number of rotatable bonds is 9. The summed E-state index contributed by atoms with van der Waals surface area (Å²) in [5, 5.41) is 10.5. The first-order chi connectivity index (χ1) is 19.3. The normalized spacial score (nSPS) is 17.0. The number of nitrogens with zero attached hydrogens (tertiary/aromatic N) is 4. The van der Waals surface area contributed by atoms with Crippen molar-refractivity contribution in [1.29, 1.82) is 5.26 Å². The van der Waals surface area contributed by atoms with E-state index in [-0.39, 0.29) is 5.92 Å². The van der Waals surface area contributed by atoms with Crippen LogP contribution in [0, 0.1) is 11.3 Å². The Hall–Kier alpha value is -3.62. The van der Waals surface area contributed by atoms with Gasteiger partial charge in [0, 0.05) is 24.0 Å². The minimum absolute atomic E-state index is 0.0995. The highest BCUT2D eigenvalue weighted by atomic mass is 32.2. The zero-order chi connectivity index (χ0) is 30.4. The molecule has 41 heavy (non-hydrogen) atoms. The molecule has 0 bridgehead atoms. The van der Waals surface area contributed by atoms with Crippen molar-refractivity contribution in [3.63, 3.8) is 0 Å². The fourth-order valence-corrected chi connectivity index (χ4v) is 5.79. The van der Waals surface area contributed by atoms with Gasteiger partial charge in [0.2, 0.25) is 10.0 Å². The maximum absolute atomic E-state index is 13.0. The van der Waals surface area contributed by atoms with E-state index in [0.29, 0.717) is 29.7 Å². The second-order valence-electron chi connectivity index (χ2n) is 10.2. The van der Waals surface area contributed by atoms with Gasteiger partial charge < -0.3 is 0 Å². The lowest BCUT2D eigenvalue weighted by Crippen LogP contribution is -2.42. The Morgan fingerprint density at radius 2 is 1.85 bits per heavy atom. The van der Waals surface area contributed by atoms with Crippen molar-refractivity contribution < 1.29 is 21.6 Å². The molecule has 1 aliphatic rings. The molecule has 7 nitrogen and oxygen atoms in total. The average Bonchev–Trinajstić information content (AvgIpc) is 2.92. The summed E-state index contributed by atoms with van der Waals surface area (Å²) in [7, 11) is -4.49. The molecule has 0 saturated heterocycles. The van der Waals surface area contributed by atoms with Gasteiger partial charge in [-0.05, 0) is 82.7 Å². The fourth-order valence-electron chi connectivity index (χ4n) is 4.62. The summed E-state index contributed by atoms with van der Waals surface area (Å²) in [6.07, 6.45) is 6.13. The summed E-state index contributed by atoms with van der Waals surface area (Å²) in [6.45, 7) is 8.77. The van der Waals surface area contributed by atoms with Crippen LogP contribution in [-0.4, -0.2) is 35.6 Å². The van der Waals surface area contributed by atoms with Crippen molar-refractivity contribution in [2.24, 2.45) is 0 Å². The third-order valence-electron chi connectivity index (χ3n) is 7.03. The summed E-state index contributed by atoms with van der Waals surface area (Å²) in [5.74, 6) is -0.0995. The Bertz CT molecular complexity index is 1520. The minimum Gasteiger partial charge on any atom is -0.255 e. The second kappa shape index (κ2) is 13.4. The van der Waals surface area contributed by atoms with Crippen molar-refractivity contribution in [3.05, 3.63) is 88.3 Å². The van der Waals surface area contributed by atoms with Crippen LogP contribution in [0.2, 0.25) is 0 Å². The quantitative estimate of drug-likeness (QED) is 0.319. The van der Waals surface area contributed by atoms with Gasteiger partial charge in [0.05, 0.1) is 11.3 Å². The zero-order valence-corrected chi connectivity index (χ0v) is 24.6. The monoisotopic (exact) mass is 585 g/mol. The van der Waals surface area contributed by atoms with E-state index in [2.05, 4.69) is 34.0 Å². The lowest BCUT2D eigenvalue weighted by Gasteiger charge is -2.21. The standard InChI is InChI=1S/C30H34F3N5O2S/c1-6-23(28-11-12-35-18-37-28)15-26(27(16-34)25-14-20(3)13-19(2)7-8-21(25)4)29-10-9-24(17-36-29)41(39,40)38-22(5)30(31,32)33/h9-14,17-18,22-23,38H,6-8,15H2,1-5H3. The van der Waals surface area contributed by atoms with Gasteiger partial charge in [-0.15, -0.1) is 0 Å². The highest BCUT2D eigenvalue weighted by Gasteiger charge is 2.39. The highest BCUT2D eigenvalue weighted by Crippen LogP contribution is 2.37. The number of allylic oxidation sites excluding steroid dienone is 8. The number of hydrogen-bond donors (Lipinski definition) is 1. The molecule has 0 radical (unpaired) electrons. The number of aromatic nitrogens is 3. The number of nitriles is 1. The Balaban J connectivity index is 2.18. The van der Waals surface area contributed by atoms with Crippen LogP contribution in [0.15, 0.2) is 81.8 Å². The largest absolute Gasteiger partial charge is 0.404 e. The van der Waals surface area contributed by atoms with Crippen molar-refractivity contribution >= 4 is 15.6 Å². The molecule has 11 heteroatoms. The van der Waals surface area contributed by atoms with Gasteiger partial charge in [-0.1, -0.05) is 35.8 Å². The molecule has 1 aliphatic carbocycles. The van der Waals surface area contributed by atoms with E-state index in [9.17, 15) is 26.9 Å². The number of alkyl halides is 3. The van der Waals surface area contributed by atoms with Gasteiger partial charge in [0.1, 0.15) is 23.3 Å². The molecule has 218 valence electrons. The molecule has 0 spiro atoms. The summed E-state index contributed by atoms with van der Waals surface area (Å²) < 4.78 is 65.9. The zero-order valence-electron chi connectivity index (χ0n) is 23.7. The lowest BCUT2D eigenvalue weighted by atomic mass is 9.84. The predicted molar refractivity (Wildman–Crippen MR) is 152 cm³/mol. The van der Waals surface area contributed by atoms with E-state index >= 15 is 0 Å². The molecule has 2 aromatic rings. The van der Waals surface area contributed by atoms with E-state index in [1.165, 1.54) is 24.0 Å². The highest BCUT2D eigenvalue weighted by molar-refractivity contribution is 7.89. The minimum atomic E-state index is -4.74. The van der Waals surface area contributed by atoms with E-state index in [4.69, 9.17) is 0 Å². The molecule has 0 saturated carbocycles. The molecule has 0 amide bonds. The van der Waals surface area contributed by atoms with Gasteiger partial charge in [0.15, 0.2) is 0 Å². The first-order valence-corrected chi connectivity index (χ1v) is 14.7. The number of pyridine rings is 1. The van der Waals surface area contributed by atoms with Gasteiger partial charge in [-0.3, -0.25) is 4.98 Å². The van der Waals surface area contributed by atoms with Gasteiger partial charge in [0.25, 0.3) is 0 Å². The lowest BCUT2D eigenvalue weighted by molar-refractivity contribution is -0.147. The van der Waals surface area contributed by atoms with Crippen LogP contribution < -0.4 is 4.72 Å². The van der Waals surface area contributed by atoms with Crippen LogP contribution in [0.4, 0.5) is 13.2 Å². The Morgan fingerprint density at radius 1 is 1.12 bits per heavy atom. The molecule has 2 atom stereocenters. The number of halogens is 3. The first-order valence-electron chi connectivity index (χ1n) is 13.3. The molecular formula is C30H34F3N5O2S. The van der Waals surface area contributed by atoms with E-state index in [1.807, 2.05) is 32.9 Å². The van der Waals surface area contributed by atoms with Crippen LogP contribution in [0.5, 0.6) is 0 Å². The molecule has 0 aliphatic heterocycles. The van der Waals surface area contributed by atoms with Gasteiger partial charge >= 0.3 is 6.18 Å². The fraction of sp³-hybridized carbons (Fsp3) is 0.400. The number of nitrogens with one attached hydrogen (secondary N) is 1. The predicted octanol–water partition coefficient (Wildman–Crippen LogP) is 6.96. The van der Waals surface area contributed by atoms with E-state index < -0.39 is 27.1 Å². The average molecular weight is 586 g/mol. The van der Waals surface area contributed by atoms with Crippen LogP contribution in [-0.2, 0) is 10.0 Å². The van der Waals surface area contributed by atoms with Crippen molar-refractivity contribution in [1.82, 2.24) is 19.7 Å². The maximum Gasteiger partial charge on any atom is 0.404 e.